The van der Waals surface area contributed by atoms with Crippen molar-refractivity contribution in [2.24, 2.45) is 7.05 Å². The molecule has 92 valence electrons. The molecule has 9 nitrogen and oxygen atoms in total. The summed E-state index contributed by atoms with van der Waals surface area (Å²) in [5.41, 5.74) is -0.645. The zero-order valence-electron chi connectivity index (χ0n) is 9.17. The highest BCUT2D eigenvalue weighted by Crippen LogP contribution is 2.16. The normalized spacial score (nSPS) is 9.76. The number of esters is 1. The largest absolute Gasteiger partial charge is 0.468 e. The van der Waals surface area contributed by atoms with Crippen LogP contribution in [-0.2, 0) is 16.6 Å². The number of aromatic nitrogens is 2. The van der Waals surface area contributed by atoms with Gasteiger partial charge in [0.25, 0.3) is 5.91 Å². The highest BCUT2D eigenvalue weighted by molar-refractivity contribution is 5.97. The predicted octanol–water partition coefficient (Wildman–Crippen LogP) is -0.769. The van der Waals surface area contributed by atoms with Crippen molar-refractivity contribution in [1.29, 1.82) is 0 Å². The van der Waals surface area contributed by atoms with E-state index < -0.39 is 22.5 Å². The van der Waals surface area contributed by atoms with Gasteiger partial charge in [-0.1, -0.05) is 0 Å². The Hall–Kier alpha value is -2.45. The second kappa shape index (κ2) is 5.05. The molecule has 17 heavy (non-hydrogen) atoms. The molecule has 0 saturated heterocycles. The Morgan fingerprint density at radius 1 is 1.65 bits per heavy atom. The molecule has 0 aromatic carbocycles. The molecule has 0 spiro atoms. The first-order valence-electron chi connectivity index (χ1n) is 4.48. The summed E-state index contributed by atoms with van der Waals surface area (Å²) in [5, 5.41) is 16.4. The van der Waals surface area contributed by atoms with Crippen LogP contribution in [0.4, 0.5) is 5.69 Å². The van der Waals surface area contributed by atoms with Crippen LogP contribution in [0.15, 0.2) is 6.20 Å². The second-order valence-corrected chi connectivity index (χ2v) is 3.02. The Morgan fingerprint density at radius 3 is 2.82 bits per heavy atom. The van der Waals surface area contributed by atoms with Gasteiger partial charge in [0.2, 0.25) is 5.69 Å². The molecule has 1 N–H and O–H groups in total. The molecule has 0 aliphatic heterocycles. The van der Waals surface area contributed by atoms with Crippen molar-refractivity contribution < 1.29 is 19.2 Å². The summed E-state index contributed by atoms with van der Waals surface area (Å²) in [6.07, 6.45) is 0.965. The number of rotatable bonds is 4. The van der Waals surface area contributed by atoms with Crippen LogP contribution in [0.1, 0.15) is 10.5 Å². The molecule has 1 aromatic rings. The molecule has 1 amide bonds. The topological polar surface area (TPSA) is 116 Å². The number of carbonyl (C=O) groups excluding carboxylic acids is 2. The molecule has 9 heteroatoms. The number of carbonyl (C=O) groups is 2. The summed E-state index contributed by atoms with van der Waals surface area (Å²) in [5.74, 6) is -1.41. The van der Waals surface area contributed by atoms with Gasteiger partial charge in [-0.3, -0.25) is 24.4 Å². The highest BCUT2D eigenvalue weighted by Gasteiger charge is 2.25. The number of nitrogens with zero attached hydrogens (tertiary/aromatic N) is 3. The zero-order valence-corrected chi connectivity index (χ0v) is 9.17. The van der Waals surface area contributed by atoms with E-state index in [2.05, 4.69) is 15.2 Å². The first-order valence-corrected chi connectivity index (χ1v) is 4.48. The van der Waals surface area contributed by atoms with Crippen molar-refractivity contribution in [1.82, 2.24) is 15.1 Å². The van der Waals surface area contributed by atoms with Gasteiger partial charge in [0, 0.05) is 7.05 Å². The summed E-state index contributed by atoms with van der Waals surface area (Å²) < 4.78 is 5.38. The molecule has 0 fully saturated rings. The monoisotopic (exact) mass is 242 g/mol. The summed E-state index contributed by atoms with van der Waals surface area (Å²) in [7, 11) is 2.56. The standard InChI is InChI=1S/C8H10N4O5/c1-11-7(5(3-10-11)12(15)16)8(14)9-4-6(13)17-2/h3H,4H2,1-2H3,(H,9,14). The number of hydrogen-bond donors (Lipinski definition) is 1. The molecular formula is C8H10N4O5. The van der Waals surface area contributed by atoms with Crippen molar-refractivity contribution in [2.45, 2.75) is 0 Å². The smallest absolute Gasteiger partial charge is 0.325 e. The van der Waals surface area contributed by atoms with E-state index in [1.54, 1.807) is 0 Å². The molecule has 0 saturated carbocycles. The number of nitrogens with one attached hydrogen (secondary N) is 1. The first-order chi connectivity index (χ1) is 7.97. The van der Waals surface area contributed by atoms with Crippen molar-refractivity contribution in [3.63, 3.8) is 0 Å². The van der Waals surface area contributed by atoms with E-state index in [1.165, 1.54) is 14.2 Å². The van der Waals surface area contributed by atoms with Gasteiger partial charge in [-0.25, -0.2) is 0 Å². The van der Waals surface area contributed by atoms with Gasteiger partial charge in [-0.05, 0) is 0 Å². The van der Waals surface area contributed by atoms with Gasteiger partial charge in [0.05, 0.1) is 12.0 Å². The van der Waals surface area contributed by atoms with Gasteiger partial charge in [-0.2, -0.15) is 5.10 Å². The predicted molar refractivity (Wildman–Crippen MR) is 54.2 cm³/mol. The van der Waals surface area contributed by atoms with E-state index >= 15 is 0 Å². The van der Waals surface area contributed by atoms with Crippen LogP contribution >= 0.6 is 0 Å². The van der Waals surface area contributed by atoms with E-state index in [9.17, 15) is 19.7 Å². The second-order valence-electron chi connectivity index (χ2n) is 3.02. The number of nitro groups is 1. The lowest BCUT2D eigenvalue weighted by molar-refractivity contribution is -0.385. The van der Waals surface area contributed by atoms with Crippen molar-refractivity contribution in [3.8, 4) is 0 Å². The number of amides is 1. The maximum Gasteiger partial charge on any atom is 0.325 e. The third-order valence-electron chi connectivity index (χ3n) is 1.95. The summed E-state index contributed by atoms with van der Waals surface area (Å²) in [6, 6.07) is 0. The van der Waals surface area contributed by atoms with Gasteiger partial charge >= 0.3 is 11.7 Å². The van der Waals surface area contributed by atoms with E-state index in [0.717, 1.165) is 10.9 Å². The summed E-state index contributed by atoms with van der Waals surface area (Å²) >= 11 is 0. The SMILES string of the molecule is COC(=O)CNC(=O)c1c([N+](=O)[O-])cnn1C. The van der Waals surface area contributed by atoms with E-state index in [0.29, 0.717) is 0 Å². The highest BCUT2D eigenvalue weighted by atomic mass is 16.6. The lowest BCUT2D eigenvalue weighted by Gasteiger charge is -2.03. The van der Waals surface area contributed by atoms with Gasteiger partial charge in [0.15, 0.2) is 0 Å². The third-order valence-corrected chi connectivity index (χ3v) is 1.95. The number of aryl methyl sites for hydroxylation is 1. The minimum absolute atomic E-state index is 0.223. The van der Waals surface area contributed by atoms with Gasteiger partial charge < -0.3 is 10.1 Å². The molecule has 0 aliphatic carbocycles. The van der Waals surface area contributed by atoms with Gasteiger partial charge in [0.1, 0.15) is 12.7 Å². The molecule has 0 unspecified atom stereocenters. The Kier molecular flexibility index (Phi) is 3.75. The molecule has 0 radical (unpaired) electrons. The zero-order chi connectivity index (χ0) is 13.0. The number of methoxy groups -OCH3 is 1. The lowest BCUT2D eigenvalue weighted by atomic mass is 10.3. The maximum absolute atomic E-state index is 11.6. The Labute approximate surface area is 95.5 Å². The molecular weight excluding hydrogens is 232 g/mol. The van der Waals surface area contributed by atoms with Crippen molar-refractivity contribution >= 4 is 17.6 Å². The fraction of sp³-hybridized carbons (Fsp3) is 0.375. The lowest BCUT2D eigenvalue weighted by Crippen LogP contribution is -2.31. The average molecular weight is 242 g/mol. The molecule has 1 rings (SSSR count). The Bertz CT molecular complexity index is 466. The van der Waals surface area contributed by atoms with E-state index in [1.807, 2.05) is 0 Å². The van der Waals surface area contributed by atoms with Crippen molar-refractivity contribution in [3.05, 3.63) is 22.0 Å². The van der Waals surface area contributed by atoms with Crippen LogP contribution in [0, 0.1) is 10.1 Å². The minimum Gasteiger partial charge on any atom is -0.468 e. The van der Waals surface area contributed by atoms with Crippen LogP contribution in [0.5, 0.6) is 0 Å². The van der Waals surface area contributed by atoms with Crippen LogP contribution in [0.3, 0.4) is 0 Å². The molecule has 1 heterocycles. The maximum atomic E-state index is 11.6. The Morgan fingerprint density at radius 2 is 2.29 bits per heavy atom. The molecule has 0 bridgehead atoms. The van der Waals surface area contributed by atoms with Crippen LogP contribution in [0.25, 0.3) is 0 Å². The van der Waals surface area contributed by atoms with Gasteiger partial charge in [-0.15, -0.1) is 0 Å². The van der Waals surface area contributed by atoms with Crippen molar-refractivity contribution in [2.75, 3.05) is 13.7 Å². The Balaban J connectivity index is 2.85. The van der Waals surface area contributed by atoms with E-state index in [-0.39, 0.29) is 12.2 Å². The molecule has 0 atom stereocenters. The van der Waals surface area contributed by atoms with Crippen LogP contribution in [-0.4, -0.2) is 40.2 Å². The first kappa shape index (κ1) is 12.6. The molecule has 1 aromatic heterocycles. The third kappa shape index (κ3) is 2.77. The fourth-order valence-electron chi connectivity index (χ4n) is 1.13. The number of ether oxygens (including phenoxy) is 1. The summed E-state index contributed by atoms with van der Waals surface area (Å²) in [6.45, 7) is -0.363. The van der Waals surface area contributed by atoms with Crippen LogP contribution < -0.4 is 5.32 Å². The summed E-state index contributed by atoms with van der Waals surface area (Å²) in [4.78, 5) is 32.3. The fourth-order valence-corrected chi connectivity index (χ4v) is 1.13. The average Bonchev–Trinajstić information content (AvgIpc) is 2.67. The quantitative estimate of drug-likeness (QED) is 0.421. The van der Waals surface area contributed by atoms with E-state index in [4.69, 9.17) is 0 Å². The number of hydrogen-bond acceptors (Lipinski definition) is 6. The molecule has 0 aliphatic rings. The van der Waals surface area contributed by atoms with Crippen LogP contribution in [0.2, 0.25) is 0 Å². The minimum atomic E-state index is -0.762.